The summed E-state index contributed by atoms with van der Waals surface area (Å²) in [6, 6.07) is 5.03. The number of hydrogen-bond donors (Lipinski definition) is 2. The van der Waals surface area contributed by atoms with Gasteiger partial charge in [0.05, 0.1) is 30.8 Å². The van der Waals surface area contributed by atoms with Crippen LogP contribution < -0.4 is 5.32 Å². The Labute approximate surface area is 192 Å². The fourth-order valence-corrected chi connectivity index (χ4v) is 6.00. The number of nitrogens with one attached hydrogen (secondary N) is 1. The van der Waals surface area contributed by atoms with Crippen molar-refractivity contribution in [2.45, 2.75) is 57.4 Å². The van der Waals surface area contributed by atoms with Crippen molar-refractivity contribution in [3.05, 3.63) is 29.3 Å². The first kappa shape index (κ1) is 23.0. The van der Waals surface area contributed by atoms with Gasteiger partial charge in [-0.3, -0.25) is 14.4 Å². The Kier molecular flexibility index (Phi) is 5.76. The highest BCUT2D eigenvalue weighted by Gasteiger charge is 2.80. The van der Waals surface area contributed by atoms with Gasteiger partial charge in [-0.25, -0.2) is 0 Å². The van der Waals surface area contributed by atoms with Gasteiger partial charge in [-0.15, -0.1) is 0 Å². The Bertz CT molecular complexity index is 939. The van der Waals surface area contributed by atoms with Gasteiger partial charge in [-0.1, -0.05) is 18.5 Å². The molecule has 0 radical (unpaired) electrons. The van der Waals surface area contributed by atoms with Gasteiger partial charge >= 0.3 is 5.97 Å². The third-order valence-electron chi connectivity index (χ3n) is 7.39. The minimum atomic E-state index is -1.18. The molecular weight excluding hydrogens is 436 g/mol. The van der Waals surface area contributed by atoms with Crippen molar-refractivity contribution in [3.63, 3.8) is 0 Å². The standard InChI is InChI=1S/C23H29ClN2O6/c1-5-31-21(30)17-16-20(29)26(13(3)11-27)18(23(16)10-12(2)22(17,4)32-23)19(28)25-15-8-6-14(24)7-9-15/h6-9,12-13,16-18,27H,5,10-11H2,1-4H3,(H,25,28)/t12?,13-,16+,17-,18?,22+,23?/m1/s1. The van der Waals surface area contributed by atoms with Crippen LogP contribution in [-0.2, 0) is 23.9 Å². The summed E-state index contributed by atoms with van der Waals surface area (Å²) in [5.74, 6) is -3.02. The van der Waals surface area contributed by atoms with E-state index in [9.17, 15) is 19.5 Å². The summed E-state index contributed by atoms with van der Waals surface area (Å²) >= 11 is 5.95. The van der Waals surface area contributed by atoms with E-state index in [0.29, 0.717) is 17.1 Å². The summed E-state index contributed by atoms with van der Waals surface area (Å²) in [5.41, 5.74) is -1.57. The van der Waals surface area contributed by atoms with E-state index in [1.54, 1.807) is 38.1 Å². The molecule has 4 rings (SSSR count). The number of rotatable bonds is 6. The Balaban J connectivity index is 1.77. The Hall–Kier alpha value is -2.16. The van der Waals surface area contributed by atoms with E-state index in [4.69, 9.17) is 21.1 Å². The molecule has 0 aromatic heterocycles. The number of ether oxygens (including phenoxy) is 2. The highest BCUT2D eigenvalue weighted by Crippen LogP contribution is 2.65. The maximum Gasteiger partial charge on any atom is 0.312 e. The van der Waals surface area contributed by atoms with E-state index in [1.165, 1.54) is 4.90 Å². The average molecular weight is 465 g/mol. The summed E-state index contributed by atoms with van der Waals surface area (Å²) in [4.78, 5) is 41.6. The maximum atomic E-state index is 13.7. The zero-order valence-electron chi connectivity index (χ0n) is 18.6. The van der Waals surface area contributed by atoms with Gasteiger partial charge in [0.25, 0.3) is 0 Å². The van der Waals surface area contributed by atoms with Crippen LogP contribution in [0.4, 0.5) is 5.69 Å². The van der Waals surface area contributed by atoms with Gasteiger partial charge in [0.2, 0.25) is 11.8 Å². The molecule has 1 spiro atoms. The lowest BCUT2D eigenvalue weighted by Crippen LogP contribution is -2.56. The van der Waals surface area contributed by atoms with E-state index in [0.717, 1.165) is 0 Å². The number of esters is 1. The number of hydrogen-bond acceptors (Lipinski definition) is 6. The number of likely N-dealkylation sites (tertiary alicyclic amines) is 1. The number of carbonyl (C=O) groups is 3. The van der Waals surface area contributed by atoms with E-state index in [2.05, 4.69) is 5.32 Å². The normalized spacial score (nSPS) is 36.2. The van der Waals surface area contributed by atoms with Crippen LogP contribution in [0.5, 0.6) is 0 Å². The Morgan fingerprint density at radius 1 is 1.38 bits per heavy atom. The van der Waals surface area contributed by atoms with Crippen LogP contribution in [0.1, 0.15) is 34.1 Å². The molecule has 3 fully saturated rings. The maximum absolute atomic E-state index is 13.7. The van der Waals surface area contributed by atoms with E-state index in [1.807, 2.05) is 13.8 Å². The first-order valence-electron chi connectivity index (χ1n) is 11.0. The molecule has 0 aliphatic carbocycles. The fraction of sp³-hybridized carbons (Fsp3) is 0.609. The lowest BCUT2D eigenvalue weighted by atomic mass is 9.62. The summed E-state index contributed by atoms with van der Waals surface area (Å²) < 4.78 is 11.8. The minimum absolute atomic E-state index is 0.0730. The van der Waals surface area contributed by atoms with Gasteiger partial charge in [-0.2, -0.15) is 0 Å². The van der Waals surface area contributed by atoms with Gasteiger partial charge in [0, 0.05) is 10.7 Å². The van der Waals surface area contributed by atoms with Crippen LogP contribution >= 0.6 is 11.6 Å². The highest BCUT2D eigenvalue weighted by molar-refractivity contribution is 6.30. The molecule has 32 heavy (non-hydrogen) atoms. The van der Waals surface area contributed by atoms with E-state index < -0.39 is 47.0 Å². The number of nitrogens with zero attached hydrogens (tertiary/aromatic N) is 1. The number of amides is 2. The second-order valence-electron chi connectivity index (χ2n) is 9.23. The number of aliphatic hydroxyl groups is 1. The van der Waals surface area contributed by atoms with Crippen LogP contribution in [0.25, 0.3) is 0 Å². The van der Waals surface area contributed by atoms with Crippen LogP contribution in [0, 0.1) is 17.8 Å². The van der Waals surface area contributed by atoms with Crippen molar-refractivity contribution in [2.75, 3.05) is 18.5 Å². The van der Waals surface area contributed by atoms with Crippen LogP contribution in [0.3, 0.4) is 0 Å². The average Bonchev–Trinajstić information content (AvgIpc) is 3.26. The largest absolute Gasteiger partial charge is 0.466 e. The molecule has 9 heteroatoms. The van der Waals surface area contributed by atoms with E-state index in [-0.39, 0.29) is 25.0 Å². The van der Waals surface area contributed by atoms with Gasteiger partial charge in [-0.05, 0) is 57.4 Å². The van der Waals surface area contributed by atoms with Crippen LogP contribution in [0.15, 0.2) is 24.3 Å². The lowest BCUT2D eigenvalue weighted by molar-refractivity contribution is -0.161. The SMILES string of the molecule is CCOC(=O)[C@H]1[C@H]2C(=O)N([C@H](C)CO)C(C(=O)Nc3ccc(Cl)cc3)C23CC(C)[C@]1(C)O3. The molecule has 1 aromatic rings. The Morgan fingerprint density at radius 3 is 2.62 bits per heavy atom. The number of benzene rings is 1. The molecule has 2 bridgehead atoms. The molecule has 8 nitrogen and oxygen atoms in total. The second kappa shape index (κ2) is 8.01. The Morgan fingerprint density at radius 2 is 2.03 bits per heavy atom. The molecule has 3 saturated heterocycles. The highest BCUT2D eigenvalue weighted by atomic mass is 35.5. The quantitative estimate of drug-likeness (QED) is 0.625. The zero-order chi connectivity index (χ0) is 23.4. The number of anilines is 1. The lowest BCUT2D eigenvalue weighted by Gasteiger charge is -2.36. The first-order valence-corrected chi connectivity index (χ1v) is 11.3. The van der Waals surface area contributed by atoms with Gasteiger partial charge < -0.3 is 24.8 Å². The summed E-state index contributed by atoms with van der Waals surface area (Å²) in [6.45, 7) is 7.05. The number of aliphatic hydroxyl groups excluding tert-OH is 1. The molecule has 7 atom stereocenters. The topological polar surface area (TPSA) is 105 Å². The third kappa shape index (κ3) is 3.15. The van der Waals surface area contributed by atoms with E-state index >= 15 is 0 Å². The van der Waals surface area contributed by atoms with Crippen LogP contribution in [0.2, 0.25) is 5.02 Å². The number of halogens is 1. The molecule has 1 aromatic carbocycles. The molecule has 0 saturated carbocycles. The van der Waals surface area contributed by atoms with Crippen LogP contribution in [-0.4, -0.2) is 64.3 Å². The summed E-state index contributed by atoms with van der Waals surface area (Å²) in [5, 5.41) is 13.2. The molecular formula is C23H29ClN2O6. The second-order valence-corrected chi connectivity index (χ2v) is 9.67. The fourth-order valence-electron chi connectivity index (χ4n) is 5.87. The van der Waals surface area contributed by atoms with Crippen molar-refractivity contribution >= 4 is 35.1 Å². The minimum Gasteiger partial charge on any atom is -0.466 e. The smallest absolute Gasteiger partial charge is 0.312 e. The van der Waals surface area contributed by atoms with Crippen molar-refractivity contribution in [1.29, 1.82) is 0 Å². The number of carbonyl (C=O) groups excluding carboxylic acids is 3. The predicted molar refractivity (Wildman–Crippen MR) is 117 cm³/mol. The summed E-state index contributed by atoms with van der Waals surface area (Å²) in [6.07, 6.45) is 0.448. The van der Waals surface area contributed by atoms with Gasteiger partial charge in [0.15, 0.2) is 0 Å². The van der Waals surface area contributed by atoms with Crippen molar-refractivity contribution in [1.82, 2.24) is 4.90 Å². The van der Waals surface area contributed by atoms with Gasteiger partial charge in [0.1, 0.15) is 17.6 Å². The van der Waals surface area contributed by atoms with Crippen molar-refractivity contribution in [2.24, 2.45) is 17.8 Å². The molecule has 174 valence electrons. The monoisotopic (exact) mass is 464 g/mol. The molecule has 2 amide bonds. The molecule has 3 unspecified atom stereocenters. The third-order valence-corrected chi connectivity index (χ3v) is 7.64. The molecule has 3 aliphatic heterocycles. The summed E-state index contributed by atoms with van der Waals surface area (Å²) in [7, 11) is 0. The zero-order valence-corrected chi connectivity index (χ0v) is 19.4. The van der Waals surface area contributed by atoms with Crippen molar-refractivity contribution < 1.29 is 29.0 Å². The van der Waals surface area contributed by atoms with Crippen molar-refractivity contribution in [3.8, 4) is 0 Å². The molecule has 2 N–H and O–H groups in total. The molecule has 3 aliphatic rings. The number of fused-ring (bicyclic) bond motifs is 1. The predicted octanol–water partition coefficient (Wildman–Crippen LogP) is 2.23. The molecule has 3 heterocycles. The first-order chi connectivity index (χ1) is 15.1.